The Morgan fingerprint density at radius 1 is 1.53 bits per heavy atom. The largest absolute Gasteiger partial charge is 0.452 e. The van der Waals surface area contributed by atoms with Crippen LogP contribution in [0, 0.1) is 0 Å². The minimum Gasteiger partial charge on any atom is -0.370 e. The van der Waals surface area contributed by atoms with Crippen molar-refractivity contribution < 1.29 is 22.7 Å². The second-order valence-electron chi connectivity index (χ2n) is 2.87. The van der Waals surface area contributed by atoms with Gasteiger partial charge in [-0.25, -0.2) is 0 Å². The molecule has 0 aliphatic carbocycles. The quantitative estimate of drug-likeness (QED) is 0.733. The molecule has 6 nitrogen and oxygen atoms in total. The monoisotopic (exact) mass is 270 g/mol. The minimum atomic E-state index is -4.54. The zero-order valence-corrected chi connectivity index (χ0v) is 9.27. The maximum atomic E-state index is 12.1. The summed E-state index contributed by atoms with van der Waals surface area (Å²) in [5, 5.41) is 2.62. The van der Waals surface area contributed by atoms with Gasteiger partial charge in [0.25, 0.3) is 0 Å². The number of carbonyl (C=O) groups is 1. The Kier molecular flexibility index (Phi) is 4.63. The molecule has 17 heavy (non-hydrogen) atoms. The van der Waals surface area contributed by atoms with Crippen LogP contribution in [0.15, 0.2) is 0 Å². The molecule has 0 radical (unpaired) electrons. The van der Waals surface area contributed by atoms with E-state index >= 15 is 0 Å². The molecule has 1 rings (SSSR count). The van der Waals surface area contributed by atoms with E-state index in [1.807, 2.05) is 0 Å². The number of anilines is 1. The third-order valence-corrected chi connectivity index (χ3v) is 2.12. The van der Waals surface area contributed by atoms with Crippen LogP contribution in [-0.4, -0.2) is 35.0 Å². The molecule has 10 heteroatoms. The smallest absolute Gasteiger partial charge is 0.370 e. The first-order chi connectivity index (χ1) is 7.89. The number of alkyl halides is 3. The maximum Gasteiger partial charge on any atom is 0.452 e. The van der Waals surface area contributed by atoms with E-state index < -0.39 is 17.9 Å². The standard InChI is InChI=1S/C7H9F3N4O2S/c8-7(9,10)5-13-6(17-14-5)12-1-2-16-3-4(11)15/h1-3H2,(H2,11,15)(H,12,13,14). The molecule has 1 aromatic heterocycles. The summed E-state index contributed by atoms with van der Waals surface area (Å²) < 4.78 is 44.3. The molecule has 0 aliphatic heterocycles. The van der Waals surface area contributed by atoms with E-state index in [2.05, 4.69) is 14.7 Å². The van der Waals surface area contributed by atoms with Crippen molar-refractivity contribution in [2.75, 3.05) is 25.1 Å². The van der Waals surface area contributed by atoms with Crippen LogP contribution in [0.25, 0.3) is 0 Å². The van der Waals surface area contributed by atoms with Crippen molar-refractivity contribution in [1.82, 2.24) is 9.36 Å². The molecule has 1 heterocycles. The van der Waals surface area contributed by atoms with Gasteiger partial charge < -0.3 is 15.8 Å². The molecule has 0 spiro atoms. The normalized spacial score (nSPS) is 11.5. The fourth-order valence-corrected chi connectivity index (χ4v) is 1.42. The first kappa shape index (κ1) is 13.6. The van der Waals surface area contributed by atoms with Crippen molar-refractivity contribution in [3.63, 3.8) is 0 Å². The Morgan fingerprint density at radius 2 is 2.24 bits per heavy atom. The van der Waals surface area contributed by atoms with Gasteiger partial charge in [-0.15, -0.1) is 0 Å². The van der Waals surface area contributed by atoms with E-state index in [1.54, 1.807) is 0 Å². The number of halogens is 3. The second-order valence-corrected chi connectivity index (χ2v) is 3.62. The molecular weight excluding hydrogens is 261 g/mol. The van der Waals surface area contributed by atoms with Gasteiger partial charge >= 0.3 is 6.18 Å². The van der Waals surface area contributed by atoms with Gasteiger partial charge in [-0.05, 0) is 0 Å². The number of hydrogen-bond acceptors (Lipinski definition) is 6. The molecule has 0 atom stereocenters. The number of nitrogens with two attached hydrogens (primary N) is 1. The van der Waals surface area contributed by atoms with Crippen molar-refractivity contribution in [1.29, 1.82) is 0 Å². The number of nitrogens with zero attached hydrogens (tertiary/aromatic N) is 2. The summed E-state index contributed by atoms with van der Waals surface area (Å²) >= 11 is 0.601. The summed E-state index contributed by atoms with van der Waals surface area (Å²) in [6.07, 6.45) is -4.54. The first-order valence-electron chi connectivity index (χ1n) is 4.40. The Balaban J connectivity index is 2.28. The van der Waals surface area contributed by atoms with Crippen LogP contribution < -0.4 is 11.1 Å². The summed E-state index contributed by atoms with van der Waals surface area (Å²) in [6.45, 7) is 0.106. The maximum absolute atomic E-state index is 12.1. The van der Waals surface area contributed by atoms with E-state index in [9.17, 15) is 18.0 Å². The summed E-state index contributed by atoms with van der Waals surface area (Å²) in [7, 11) is 0. The molecule has 0 unspecified atom stereocenters. The Morgan fingerprint density at radius 3 is 2.76 bits per heavy atom. The average molecular weight is 270 g/mol. The summed E-state index contributed by atoms with van der Waals surface area (Å²) in [4.78, 5) is 13.5. The molecule has 96 valence electrons. The number of ether oxygens (including phenoxy) is 1. The zero-order chi connectivity index (χ0) is 12.9. The predicted molar refractivity (Wildman–Crippen MR) is 53.4 cm³/mol. The van der Waals surface area contributed by atoms with Crippen LogP contribution in [0.1, 0.15) is 5.82 Å². The van der Waals surface area contributed by atoms with Gasteiger partial charge in [0.1, 0.15) is 6.61 Å². The van der Waals surface area contributed by atoms with Gasteiger partial charge in [-0.1, -0.05) is 0 Å². The van der Waals surface area contributed by atoms with Crippen LogP contribution in [0.3, 0.4) is 0 Å². The van der Waals surface area contributed by atoms with Crippen LogP contribution in [0.2, 0.25) is 0 Å². The van der Waals surface area contributed by atoms with Crippen LogP contribution in [0.4, 0.5) is 18.3 Å². The molecule has 0 saturated carbocycles. The Hall–Kier alpha value is -1.42. The molecule has 3 N–H and O–H groups in total. The fourth-order valence-electron chi connectivity index (χ4n) is 0.813. The Bertz CT molecular complexity index is 381. The van der Waals surface area contributed by atoms with Crippen LogP contribution in [0.5, 0.6) is 0 Å². The van der Waals surface area contributed by atoms with Gasteiger partial charge in [-0.2, -0.15) is 22.5 Å². The highest BCUT2D eigenvalue weighted by atomic mass is 32.1. The second kappa shape index (κ2) is 5.77. The highest BCUT2D eigenvalue weighted by molar-refractivity contribution is 7.09. The average Bonchev–Trinajstić information content (AvgIpc) is 2.64. The number of carbonyl (C=O) groups excluding carboxylic acids is 1. The summed E-state index contributed by atoms with van der Waals surface area (Å²) in [6, 6.07) is 0. The molecular formula is C7H9F3N4O2S. The lowest BCUT2D eigenvalue weighted by Crippen LogP contribution is -2.20. The van der Waals surface area contributed by atoms with E-state index in [0.717, 1.165) is 0 Å². The molecule has 0 aromatic carbocycles. The van der Waals surface area contributed by atoms with E-state index in [-0.39, 0.29) is 24.9 Å². The molecule has 0 bridgehead atoms. The topological polar surface area (TPSA) is 90.1 Å². The third-order valence-electron chi connectivity index (χ3n) is 1.45. The van der Waals surface area contributed by atoms with Crippen LogP contribution in [-0.2, 0) is 15.7 Å². The molecule has 0 fully saturated rings. The highest BCUT2D eigenvalue weighted by Gasteiger charge is 2.36. The van der Waals surface area contributed by atoms with Gasteiger partial charge in [0.15, 0.2) is 0 Å². The number of amides is 1. The fraction of sp³-hybridized carbons (Fsp3) is 0.571. The van der Waals surface area contributed by atoms with Crippen molar-refractivity contribution in [2.24, 2.45) is 5.73 Å². The number of nitrogens with one attached hydrogen (secondary N) is 1. The minimum absolute atomic E-state index is 0.0417. The lowest BCUT2D eigenvalue weighted by molar-refractivity contribution is -0.144. The van der Waals surface area contributed by atoms with Gasteiger partial charge in [0.2, 0.25) is 16.9 Å². The van der Waals surface area contributed by atoms with Gasteiger partial charge in [-0.3, -0.25) is 4.79 Å². The number of primary amides is 1. The number of hydrogen-bond donors (Lipinski definition) is 2. The molecule has 0 saturated heterocycles. The van der Waals surface area contributed by atoms with Gasteiger partial charge in [0, 0.05) is 18.1 Å². The summed E-state index contributed by atoms with van der Waals surface area (Å²) in [5.74, 6) is -1.79. The van der Waals surface area contributed by atoms with E-state index in [0.29, 0.717) is 11.5 Å². The van der Waals surface area contributed by atoms with E-state index in [4.69, 9.17) is 10.5 Å². The zero-order valence-electron chi connectivity index (χ0n) is 8.45. The third kappa shape index (κ3) is 4.95. The number of rotatable bonds is 6. The van der Waals surface area contributed by atoms with Gasteiger partial charge in [0.05, 0.1) is 6.61 Å². The first-order valence-corrected chi connectivity index (χ1v) is 5.18. The molecule has 1 aromatic rings. The van der Waals surface area contributed by atoms with Crippen LogP contribution >= 0.6 is 11.5 Å². The SMILES string of the molecule is NC(=O)COCCNc1nc(C(F)(F)F)ns1. The van der Waals surface area contributed by atoms with E-state index in [1.165, 1.54) is 0 Å². The van der Waals surface area contributed by atoms with Crippen molar-refractivity contribution in [3.8, 4) is 0 Å². The lowest BCUT2D eigenvalue weighted by atomic mass is 10.6. The highest BCUT2D eigenvalue weighted by Crippen LogP contribution is 2.28. The molecule has 0 aliphatic rings. The molecule has 1 amide bonds. The van der Waals surface area contributed by atoms with Crippen molar-refractivity contribution in [2.45, 2.75) is 6.18 Å². The van der Waals surface area contributed by atoms with Crippen molar-refractivity contribution >= 4 is 22.6 Å². The lowest BCUT2D eigenvalue weighted by Gasteiger charge is -2.02. The predicted octanol–water partition coefficient (Wildman–Crippen LogP) is 0.471. The summed E-state index contributed by atoms with van der Waals surface area (Å²) in [5.41, 5.74) is 4.81. The number of aromatic nitrogens is 2. The van der Waals surface area contributed by atoms with Crippen molar-refractivity contribution in [3.05, 3.63) is 5.82 Å². The Labute approximate surface area is 98.1 Å².